The molecular weight excluding hydrogens is 244 g/mol. The van der Waals surface area contributed by atoms with E-state index in [1.165, 1.54) is 4.68 Å². The molecule has 0 saturated heterocycles. The molecule has 0 aliphatic carbocycles. The zero-order valence-electron chi connectivity index (χ0n) is 11.0. The van der Waals surface area contributed by atoms with Crippen LogP contribution in [0.2, 0.25) is 0 Å². The summed E-state index contributed by atoms with van der Waals surface area (Å²) in [7, 11) is 0. The number of hydrogen-bond donors (Lipinski definition) is 0. The van der Waals surface area contributed by atoms with Gasteiger partial charge in [-0.25, -0.2) is 4.68 Å². The SMILES string of the molecule is CC(C)COC(=O)Cn1cc(-c2ccccn2)nn1. The van der Waals surface area contributed by atoms with Crippen molar-refractivity contribution in [2.45, 2.75) is 20.4 Å². The van der Waals surface area contributed by atoms with E-state index in [-0.39, 0.29) is 12.5 Å². The molecule has 0 atom stereocenters. The third kappa shape index (κ3) is 3.87. The van der Waals surface area contributed by atoms with Gasteiger partial charge in [-0.05, 0) is 18.1 Å². The number of carbonyl (C=O) groups is 1. The summed E-state index contributed by atoms with van der Waals surface area (Å²) < 4.78 is 6.53. The Morgan fingerprint density at radius 1 is 1.37 bits per heavy atom. The van der Waals surface area contributed by atoms with E-state index in [0.717, 1.165) is 5.69 Å². The van der Waals surface area contributed by atoms with Gasteiger partial charge in [-0.2, -0.15) is 0 Å². The second-order valence-electron chi connectivity index (χ2n) is 4.59. The highest BCUT2D eigenvalue weighted by atomic mass is 16.5. The second kappa shape index (κ2) is 6.08. The van der Waals surface area contributed by atoms with Crippen LogP contribution in [-0.2, 0) is 16.1 Å². The number of aromatic nitrogens is 4. The van der Waals surface area contributed by atoms with Crippen LogP contribution in [-0.4, -0.2) is 32.6 Å². The maximum atomic E-state index is 11.5. The molecule has 0 saturated carbocycles. The van der Waals surface area contributed by atoms with Crippen LogP contribution < -0.4 is 0 Å². The molecule has 6 heteroatoms. The van der Waals surface area contributed by atoms with Crippen LogP contribution >= 0.6 is 0 Å². The predicted octanol–water partition coefficient (Wildman–Crippen LogP) is 1.54. The minimum absolute atomic E-state index is 0.0621. The van der Waals surface area contributed by atoms with Crippen LogP contribution in [0.4, 0.5) is 0 Å². The molecule has 0 fully saturated rings. The molecule has 2 rings (SSSR count). The summed E-state index contributed by atoms with van der Waals surface area (Å²) in [6, 6.07) is 5.54. The monoisotopic (exact) mass is 260 g/mol. The molecule has 2 aromatic heterocycles. The van der Waals surface area contributed by atoms with E-state index in [1.54, 1.807) is 12.4 Å². The first kappa shape index (κ1) is 13.2. The smallest absolute Gasteiger partial charge is 0.327 e. The molecule has 2 heterocycles. The Kier molecular flexibility index (Phi) is 4.22. The van der Waals surface area contributed by atoms with Crippen molar-refractivity contribution in [3.05, 3.63) is 30.6 Å². The van der Waals surface area contributed by atoms with Crippen LogP contribution in [0.1, 0.15) is 13.8 Å². The number of hydrogen-bond acceptors (Lipinski definition) is 5. The fraction of sp³-hybridized carbons (Fsp3) is 0.385. The van der Waals surface area contributed by atoms with E-state index in [2.05, 4.69) is 15.3 Å². The highest BCUT2D eigenvalue weighted by molar-refractivity contribution is 5.69. The number of ether oxygens (including phenoxy) is 1. The van der Waals surface area contributed by atoms with Gasteiger partial charge in [0.2, 0.25) is 0 Å². The van der Waals surface area contributed by atoms with Crippen molar-refractivity contribution in [1.29, 1.82) is 0 Å². The maximum Gasteiger partial charge on any atom is 0.327 e. The molecule has 0 aliphatic heterocycles. The topological polar surface area (TPSA) is 69.9 Å². The molecule has 0 bridgehead atoms. The summed E-state index contributed by atoms with van der Waals surface area (Å²) in [5.41, 5.74) is 1.36. The van der Waals surface area contributed by atoms with Gasteiger partial charge < -0.3 is 4.74 Å². The van der Waals surface area contributed by atoms with Crippen molar-refractivity contribution < 1.29 is 9.53 Å². The van der Waals surface area contributed by atoms with E-state index >= 15 is 0 Å². The van der Waals surface area contributed by atoms with Gasteiger partial charge in [0.1, 0.15) is 12.2 Å². The summed E-state index contributed by atoms with van der Waals surface area (Å²) in [5, 5.41) is 7.86. The maximum absolute atomic E-state index is 11.5. The normalized spacial score (nSPS) is 10.7. The van der Waals surface area contributed by atoms with Crippen molar-refractivity contribution in [2.24, 2.45) is 5.92 Å². The Hall–Kier alpha value is -2.24. The lowest BCUT2D eigenvalue weighted by molar-refractivity contribution is -0.145. The van der Waals surface area contributed by atoms with Crippen molar-refractivity contribution in [2.75, 3.05) is 6.61 Å². The Bertz CT molecular complexity index is 537. The van der Waals surface area contributed by atoms with Gasteiger partial charge >= 0.3 is 5.97 Å². The summed E-state index contributed by atoms with van der Waals surface area (Å²) in [6.07, 6.45) is 3.37. The van der Waals surface area contributed by atoms with E-state index in [1.807, 2.05) is 32.0 Å². The third-order valence-electron chi connectivity index (χ3n) is 2.33. The summed E-state index contributed by atoms with van der Waals surface area (Å²) >= 11 is 0. The first-order chi connectivity index (χ1) is 9.15. The van der Waals surface area contributed by atoms with Gasteiger partial charge in [-0.3, -0.25) is 9.78 Å². The van der Waals surface area contributed by atoms with Crippen molar-refractivity contribution in [1.82, 2.24) is 20.0 Å². The van der Waals surface area contributed by atoms with Gasteiger partial charge in [0.25, 0.3) is 0 Å². The van der Waals surface area contributed by atoms with Gasteiger partial charge in [-0.1, -0.05) is 25.1 Å². The minimum atomic E-state index is -0.314. The zero-order valence-corrected chi connectivity index (χ0v) is 11.0. The number of esters is 1. The zero-order chi connectivity index (χ0) is 13.7. The average molecular weight is 260 g/mol. The molecule has 0 aromatic carbocycles. The molecule has 19 heavy (non-hydrogen) atoms. The fourth-order valence-corrected chi connectivity index (χ4v) is 1.44. The second-order valence-corrected chi connectivity index (χ2v) is 4.59. The molecule has 0 spiro atoms. The highest BCUT2D eigenvalue weighted by Crippen LogP contribution is 2.11. The van der Waals surface area contributed by atoms with Gasteiger partial charge in [0, 0.05) is 6.20 Å². The van der Waals surface area contributed by atoms with Crippen LogP contribution in [0.3, 0.4) is 0 Å². The Morgan fingerprint density at radius 2 is 2.21 bits per heavy atom. The lowest BCUT2D eigenvalue weighted by Crippen LogP contribution is -2.16. The number of pyridine rings is 1. The Labute approximate surface area is 111 Å². The number of rotatable bonds is 5. The average Bonchev–Trinajstić information content (AvgIpc) is 2.86. The number of carbonyl (C=O) groups excluding carboxylic acids is 1. The first-order valence-electron chi connectivity index (χ1n) is 6.12. The Balaban J connectivity index is 1.96. The fourth-order valence-electron chi connectivity index (χ4n) is 1.44. The number of nitrogens with zero attached hydrogens (tertiary/aromatic N) is 4. The van der Waals surface area contributed by atoms with Gasteiger partial charge in [0.15, 0.2) is 0 Å². The van der Waals surface area contributed by atoms with Crippen molar-refractivity contribution >= 4 is 5.97 Å². The quantitative estimate of drug-likeness (QED) is 0.763. The van der Waals surface area contributed by atoms with Crippen LogP contribution in [0.15, 0.2) is 30.6 Å². The highest BCUT2D eigenvalue weighted by Gasteiger charge is 2.09. The molecule has 6 nitrogen and oxygen atoms in total. The van der Waals surface area contributed by atoms with E-state index in [4.69, 9.17) is 4.74 Å². The van der Waals surface area contributed by atoms with E-state index < -0.39 is 0 Å². The third-order valence-corrected chi connectivity index (χ3v) is 2.33. The lowest BCUT2D eigenvalue weighted by Gasteiger charge is -2.06. The standard InChI is InChI=1S/C13H16N4O2/c1-10(2)9-19-13(18)8-17-7-12(15-16-17)11-5-3-4-6-14-11/h3-7,10H,8-9H2,1-2H3. The lowest BCUT2D eigenvalue weighted by atomic mass is 10.2. The van der Waals surface area contributed by atoms with Gasteiger partial charge in [-0.15, -0.1) is 5.10 Å². The molecule has 0 radical (unpaired) electrons. The van der Waals surface area contributed by atoms with Crippen molar-refractivity contribution in [3.8, 4) is 11.4 Å². The summed E-state index contributed by atoms with van der Waals surface area (Å²) in [6.45, 7) is 4.46. The molecule has 0 amide bonds. The first-order valence-corrected chi connectivity index (χ1v) is 6.12. The molecule has 0 N–H and O–H groups in total. The molecular formula is C13H16N4O2. The van der Waals surface area contributed by atoms with Crippen molar-refractivity contribution in [3.63, 3.8) is 0 Å². The van der Waals surface area contributed by atoms with E-state index in [9.17, 15) is 4.79 Å². The largest absolute Gasteiger partial charge is 0.464 e. The van der Waals surface area contributed by atoms with Gasteiger partial charge in [0.05, 0.1) is 18.5 Å². The molecule has 2 aromatic rings. The Morgan fingerprint density at radius 3 is 2.89 bits per heavy atom. The van der Waals surface area contributed by atoms with Crippen LogP contribution in [0.25, 0.3) is 11.4 Å². The molecule has 0 aliphatic rings. The minimum Gasteiger partial charge on any atom is -0.464 e. The van der Waals surface area contributed by atoms with Crippen LogP contribution in [0.5, 0.6) is 0 Å². The summed E-state index contributed by atoms with van der Waals surface area (Å²) in [5.74, 6) is 0.00921. The predicted molar refractivity (Wildman–Crippen MR) is 69.1 cm³/mol. The van der Waals surface area contributed by atoms with E-state index in [0.29, 0.717) is 18.2 Å². The summed E-state index contributed by atoms with van der Waals surface area (Å²) in [4.78, 5) is 15.7. The van der Waals surface area contributed by atoms with Crippen LogP contribution in [0, 0.1) is 5.92 Å². The molecule has 0 unspecified atom stereocenters. The molecule has 100 valence electrons.